The van der Waals surface area contributed by atoms with Crippen molar-refractivity contribution >= 4 is 5.97 Å². The Morgan fingerprint density at radius 1 is 1.31 bits per heavy atom. The lowest BCUT2D eigenvalue weighted by molar-refractivity contribution is -0.146. The van der Waals surface area contributed by atoms with Crippen molar-refractivity contribution in [2.75, 3.05) is 19.8 Å². The average Bonchev–Trinajstić information content (AvgIpc) is 2.16. The number of hydrogen-bond donors (Lipinski definition) is 1. The minimum Gasteiger partial charge on any atom is -0.462 e. The predicted octanol–water partition coefficient (Wildman–Crippen LogP) is 0.694. The van der Waals surface area contributed by atoms with Crippen LogP contribution < -0.4 is 5.73 Å². The third kappa shape index (κ3) is 6.54. The molecule has 0 heterocycles. The fraction of sp³-hybridized carbons (Fsp3) is 0.889. The average molecular weight is 189 g/mol. The number of esters is 1. The monoisotopic (exact) mass is 189 g/mol. The van der Waals surface area contributed by atoms with Crippen molar-refractivity contribution in [3.8, 4) is 0 Å². The normalized spacial score (nSPS) is 12.5. The molecule has 13 heavy (non-hydrogen) atoms. The van der Waals surface area contributed by atoms with Crippen LogP contribution in [0.1, 0.15) is 26.7 Å². The molecule has 2 N–H and O–H groups in total. The van der Waals surface area contributed by atoms with Crippen LogP contribution in [0.15, 0.2) is 0 Å². The van der Waals surface area contributed by atoms with Gasteiger partial charge >= 0.3 is 5.97 Å². The van der Waals surface area contributed by atoms with Crippen LogP contribution in [0.2, 0.25) is 0 Å². The second-order valence-corrected chi connectivity index (χ2v) is 2.79. The van der Waals surface area contributed by atoms with Crippen LogP contribution in [-0.4, -0.2) is 31.8 Å². The molecular weight excluding hydrogens is 170 g/mol. The Hall–Kier alpha value is -0.610. The molecule has 0 aromatic carbocycles. The molecule has 0 amide bonds. The van der Waals surface area contributed by atoms with E-state index in [4.69, 9.17) is 15.2 Å². The summed E-state index contributed by atoms with van der Waals surface area (Å²) in [6.07, 6.45) is 1.58. The molecule has 1 atom stereocenters. The van der Waals surface area contributed by atoms with Gasteiger partial charge in [0.05, 0.1) is 6.61 Å². The zero-order valence-corrected chi connectivity index (χ0v) is 8.41. The highest BCUT2D eigenvalue weighted by Gasteiger charge is 2.11. The van der Waals surface area contributed by atoms with E-state index >= 15 is 0 Å². The fourth-order valence-corrected chi connectivity index (χ4v) is 0.721. The highest BCUT2D eigenvalue weighted by Crippen LogP contribution is 1.90. The third-order valence-corrected chi connectivity index (χ3v) is 1.56. The van der Waals surface area contributed by atoms with Crippen molar-refractivity contribution in [3.05, 3.63) is 0 Å². The maximum Gasteiger partial charge on any atom is 0.322 e. The van der Waals surface area contributed by atoms with E-state index in [1.807, 2.05) is 13.8 Å². The smallest absolute Gasteiger partial charge is 0.322 e. The van der Waals surface area contributed by atoms with Gasteiger partial charge in [-0.15, -0.1) is 0 Å². The first-order valence-electron chi connectivity index (χ1n) is 4.72. The van der Waals surface area contributed by atoms with Gasteiger partial charge in [0, 0.05) is 6.61 Å². The van der Waals surface area contributed by atoms with Crippen molar-refractivity contribution in [2.24, 2.45) is 5.73 Å². The number of nitrogens with two attached hydrogens (primary N) is 1. The van der Waals surface area contributed by atoms with Crippen molar-refractivity contribution < 1.29 is 14.3 Å². The molecule has 0 aliphatic carbocycles. The largest absolute Gasteiger partial charge is 0.462 e. The highest BCUT2D eigenvalue weighted by molar-refractivity contribution is 5.75. The van der Waals surface area contributed by atoms with Crippen LogP contribution in [0.4, 0.5) is 0 Å². The SMILES string of the molecule is CCCOCCOC(=O)[C@H](N)CC. The Balaban J connectivity index is 3.27. The zero-order chi connectivity index (χ0) is 10.1. The molecule has 4 heteroatoms. The van der Waals surface area contributed by atoms with Gasteiger partial charge in [0.25, 0.3) is 0 Å². The van der Waals surface area contributed by atoms with Crippen LogP contribution >= 0.6 is 0 Å². The van der Waals surface area contributed by atoms with Gasteiger partial charge in [0.15, 0.2) is 0 Å². The van der Waals surface area contributed by atoms with Crippen molar-refractivity contribution in [1.29, 1.82) is 0 Å². The number of ether oxygens (including phenoxy) is 2. The molecule has 0 saturated carbocycles. The molecule has 0 fully saturated rings. The lowest BCUT2D eigenvalue weighted by Crippen LogP contribution is -2.32. The summed E-state index contributed by atoms with van der Waals surface area (Å²) in [5.74, 6) is -0.345. The van der Waals surface area contributed by atoms with Crippen molar-refractivity contribution in [2.45, 2.75) is 32.7 Å². The summed E-state index contributed by atoms with van der Waals surface area (Å²) in [6.45, 7) is 5.33. The first-order chi connectivity index (χ1) is 6.22. The number of carbonyl (C=O) groups is 1. The second kappa shape index (κ2) is 8.01. The minimum atomic E-state index is -0.494. The Bertz CT molecular complexity index is 139. The van der Waals surface area contributed by atoms with E-state index in [9.17, 15) is 4.79 Å². The van der Waals surface area contributed by atoms with Gasteiger partial charge in [0.1, 0.15) is 12.6 Å². The van der Waals surface area contributed by atoms with Gasteiger partial charge in [-0.05, 0) is 12.8 Å². The van der Waals surface area contributed by atoms with Gasteiger partial charge in [0.2, 0.25) is 0 Å². The van der Waals surface area contributed by atoms with Crippen LogP contribution in [0, 0.1) is 0 Å². The zero-order valence-electron chi connectivity index (χ0n) is 8.41. The van der Waals surface area contributed by atoms with Crippen molar-refractivity contribution in [1.82, 2.24) is 0 Å². The maximum absolute atomic E-state index is 11.0. The van der Waals surface area contributed by atoms with E-state index in [1.165, 1.54) is 0 Å². The summed E-state index contributed by atoms with van der Waals surface area (Å²) < 4.78 is 9.98. The molecule has 0 bridgehead atoms. The van der Waals surface area contributed by atoms with E-state index < -0.39 is 6.04 Å². The number of carbonyl (C=O) groups excluding carboxylic acids is 1. The van der Waals surface area contributed by atoms with Gasteiger partial charge in [-0.1, -0.05) is 13.8 Å². The summed E-state index contributed by atoms with van der Waals surface area (Å²) in [4.78, 5) is 11.0. The fourth-order valence-electron chi connectivity index (χ4n) is 0.721. The summed E-state index contributed by atoms with van der Waals surface area (Å²) in [6, 6.07) is -0.494. The first-order valence-corrected chi connectivity index (χ1v) is 4.72. The summed E-state index contributed by atoms with van der Waals surface area (Å²) >= 11 is 0. The molecule has 78 valence electrons. The van der Waals surface area contributed by atoms with E-state index in [1.54, 1.807) is 0 Å². The molecule has 0 aliphatic rings. The maximum atomic E-state index is 11.0. The quantitative estimate of drug-likeness (QED) is 0.473. The minimum absolute atomic E-state index is 0.298. The van der Waals surface area contributed by atoms with E-state index in [0.717, 1.165) is 6.42 Å². The van der Waals surface area contributed by atoms with E-state index in [0.29, 0.717) is 26.2 Å². The lowest BCUT2D eigenvalue weighted by Gasteiger charge is -2.08. The van der Waals surface area contributed by atoms with E-state index in [-0.39, 0.29) is 5.97 Å². The topological polar surface area (TPSA) is 61.5 Å². The van der Waals surface area contributed by atoms with Crippen molar-refractivity contribution in [3.63, 3.8) is 0 Å². The van der Waals surface area contributed by atoms with Crippen LogP contribution in [-0.2, 0) is 14.3 Å². The molecule has 0 radical (unpaired) electrons. The molecular formula is C9H19NO3. The molecule has 0 saturated heterocycles. The molecule has 4 nitrogen and oxygen atoms in total. The number of hydrogen-bond acceptors (Lipinski definition) is 4. The summed E-state index contributed by atoms with van der Waals surface area (Å²) in [7, 11) is 0. The van der Waals surface area contributed by atoms with Gasteiger partial charge in [-0.3, -0.25) is 4.79 Å². The predicted molar refractivity (Wildman–Crippen MR) is 50.3 cm³/mol. The molecule has 0 aromatic heterocycles. The first kappa shape index (κ1) is 12.4. The Labute approximate surface area is 79.4 Å². The third-order valence-electron chi connectivity index (χ3n) is 1.56. The molecule has 0 unspecified atom stereocenters. The highest BCUT2D eigenvalue weighted by atomic mass is 16.6. The van der Waals surface area contributed by atoms with Crippen LogP contribution in [0.3, 0.4) is 0 Å². The van der Waals surface area contributed by atoms with E-state index in [2.05, 4.69) is 0 Å². The van der Waals surface area contributed by atoms with Gasteiger partial charge in [-0.2, -0.15) is 0 Å². The van der Waals surface area contributed by atoms with Crippen LogP contribution in [0.5, 0.6) is 0 Å². The molecule has 0 spiro atoms. The second-order valence-electron chi connectivity index (χ2n) is 2.79. The lowest BCUT2D eigenvalue weighted by atomic mass is 10.2. The Morgan fingerprint density at radius 2 is 2.00 bits per heavy atom. The van der Waals surface area contributed by atoms with Gasteiger partial charge < -0.3 is 15.2 Å². The summed E-state index contributed by atoms with van der Waals surface area (Å²) in [5, 5.41) is 0. The molecule has 0 aromatic rings. The summed E-state index contributed by atoms with van der Waals surface area (Å²) in [5.41, 5.74) is 5.44. The molecule has 0 aliphatic heterocycles. The molecule has 0 rings (SSSR count). The Morgan fingerprint density at radius 3 is 2.54 bits per heavy atom. The number of rotatable bonds is 7. The Kier molecular flexibility index (Phi) is 7.63. The van der Waals surface area contributed by atoms with Gasteiger partial charge in [-0.25, -0.2) is 0 Å². The standard InChI is InChI=1S/C9H19NO3/c1-3-5-12-6-7-13-9(11)8(10)4-2/h8H,3-7,10H2,1-2H3/t8-/m1/s1. The van der Waals surface area contributed by atoms with Crippen LogP contribution in [0.25, 0.3) is 0 Å².